The Balaban J connectivity index is 2.59. The standard InChI is InChI=1S/C16H14O5/c17-9-8-10-4-3-7-12(14(10)16(20)21)11-5-1-2-6-13(11)15(18)19/h1-8,14,17H,9H2,(H,18,19)(H,20,21). The molecule has 5 heteroatoms. The van der Waals surface area contributed by atoms with Crippen LogP contribution in [-0.4, -0.2) is 33.9 Å². The Morgan fingerprint density at radius 3 is 2.52 bits per heavy atom. The highest BCUT2D eigenvalue weighted by molar-refractivity contribution is 6.00. The molecule has 0 fully saturated rings. The maximum Gasteiger partial charge on any atom is 0.336 e. The molecule has 0 saturated carbocycles. The van der Waals surface area contributed by atoms with Crippen molar-refractivity contribution in [1.29, 1.82) is 0 Å². The van der Waals surface area contributed by atoms with E-state index >= 15 is 0 Å². The molecule has 108 valence electrons. The molecular formula is C16H14O5. The molecule has 0 amide bonds. The van der Waals surface area contributed by atoms with Crippen LogP contribution in [0.15, 0.2) is 54.1 Å². The summed E-state index contributed by atoms with van der Waals surface area (Å²) in [7, 11) is 0. The van der Waals surface area contributed by atoms with Gasteiger partial charge < -0.3 is 15.3 Å². The number of carboxylic acid groups (broad SMARTS) is 2. The summed E-state index contributed by atoms with van der Waals surface area (Å²) < 4.78 is 0. The van der Waals surface area contributed by atoms with Gasteiger partial charge in [-0.1, -0.05) is 42.5 Å². The largest absolute Gasteiger partial charge is 0.481 e. The molecule has 1 atom stereocenters. The molecule has 21 heavy (non-hydrogen) atoms. The van der Waals surface area contributed by atoms with Gasteiger partial charge in [0.2, 0.25) is 0 Å². The predicted molar refractivity (Wildman–Crippen MR) is 76.8 cm³/mol. The number of aliphatic carboxylic acids is 1. The molecule has 0 bridgehead atoms. The van der Waals surface area contributed by atoms with E-state index in [1.807, 2.05) is 0 Å². The van der Waals surface area contributed by atoms with E-state index in [2.05, 4.69) is 0 Å². The van der Waals surface area contributed by atoms with Gasteiger partial charge in [0.25, 0.3) is 0 Å². The molecule has 0 heterocycles. The molecule has 0 aromatic heterocycles. The van der Waals surface area contributed by atoms with Gasteiger partial charge >= 0.3 is 11.9 Å². The Morgan fingerprint density at radius 1 is 1.19 bits per heavy atom. The Morgan fingerprint density at radius 2 is 1.90 bits per heavy atom. The van der Waals surface area contributed by atoms with Gasteiger partial charge in [-0.05, 0) is 22.8 Å². The van der Waals surface area contributed by atoms with E-state index in [0.717, 1.165) is 0 Å². The van der Waals surface area contributed by atoms with Gasteiger partial charge in [-0.2, -0.15) is 0 Å². The lowest BCUT2D eigenvalue weighted by molar-refractivity contribution is -0.138. The normalized spacial score (nSPS) is 19.4. The van der Waals surface area contributed by atoms with Crippen molar-refractivity contribution in [2.75, 3.05) is 6.61 Å². The number of aliphatic hydroxyl groups is 1. The molecule has 3 N–H and O–H groups in total. The van der Waals surface area contributed by atoms with Crippen LogP contribution >= 0.6 is 0 Å². The minimum atomic E-state index is -1.11. The van der Waals surface area contributed by atoms with Crippen LogP contribution in [0.2, 0.25) is 0 Å². The first-order chi connectivity index (χ1) is 10.1. The highest BCUT2D eigenvalue weighted by Crippen LogP contribution is 2.35. The van der Waals surface area contributed by atoms with Crippen molar-refractivity contribution < 1.29 is 24.9 Å². The number of carbonyl (C=O) groups is 2. The molecule has 1 aromatic rings. The fourth-order valence-electron chi connectivity index (χ4n) is 2.37. The van der Waals surface area contributed by atoms with Crippen molar-refractivity contribution in [2.24, 2.45) is 5.92 Å². The highest BCUT2D eigenvalue weighted by atomic mass is 16.4. The molecule has 1 aliphatic carbocycles. The summed E-state index contributed by atoms with van der Waals surface area (Å²) in [4.78, 5) is 22.9. The lowest BCUT2D eigenvalue weighted by Gasteiger charge is -2.22. The topological polar surface area (TPSA) is 94.8 Å². The van der Waals surface area contributed by atoms with Crippen LogP contribution in [0.1, 0.15) is 15.9 Å². The first-order valence-corrected chi connectivity index (χ1v) is 6.31. The molecule has 0 spiro atoms. The van der Waals surface area contributed by atoms with Crippen LogP contribution in [0, 0.1) is 5.92 Å². The maximum atomic E-state index is 11.6. The van der Waals surface area contributed by atoms with E-state index in [4.69, 9.17) is 5.11 Å². The minimum Gasteiger partial charge on any atom is -0.481 e. The fourth-order valence-corrected chi connectivity index (χ4v) is 2.37. The predicted octanol–water partition coefficient (Wildman–Crippen LogP) is 1.96. The zero-order valence-corrected chi connectivity index (χ0v) is 11.1. The maximum absolute atomic E-state index is 11.6. The smallest absolute Gasteiger partial charge is 0.336 e. The third-order valence-electron chi connectivity index (χ3n) is 3.25. The second-order valence-corrected chi connectivity index (χ2v) is 4.49. The van der Waals surface area contributed by atoms with Crippen LogP contribution in [-0.2, 0) is 4.79 Å². The molecule has 0 aliphatic heterocycles. The molecule has 1 unspecified atom stereocenters. The number of aromatic carboxylic acids is 1. The summed E-state index contributed by atoms with van der Waals surface area (Å²) >= 11 is 0. The number of rotatable bonds is 4. The quantitative estimate of drug-likeness (QED) is 0.786. The van der Waals surface area contributed by atoms with Crippen LogP contribution in [0.25, 0.3) is 5.57 Å². The van der Waals surface area contributed by atoms with Gasteiger partial charge in [0.15, 0.2) is 0 Å². The van der Waals surface area contributed by atoms with Crippen molar-refractivity contribution in [3.8, 4) is 0 Å². The van der Waals surface area contributed by atoms with Crippen molar-refractivity contribution in [3.63, 3.8) is 0 Å². The average molecular weight is 286 g/mol. The van der Waals surface area contributed by atoms with Crippen LogP contribution < -0.4 is 0 Å². The third-order valence-corrected chi connectivity index (χ3v) is 3.25. The van der Waals surface area contributed by atoms with E-state index in [-0.39, 0.29) is 12.2 Å². The molecule has 2 rings (SSSR count). The van der Waals surface area contributed by atoms with Gasteiger partial charge in [0.1, 0.15) is 5.92 Å². The number of aliphatic hydroxyl groups excluding tert-OH is 1. The first kappa shape index (κ1) is 14.7. The van der Waals surface area contributed by atoms with E-state index in [9.17, 15) is 19.8 Å². The third kappa shape index (κ3) is 2.93. The Bertz CT molecular complexity index is 667. The van der Waals surface area contributed by atoms with Crippen molar-refractivity contribution in [2.45, 2.75) is 0 Å². The number of carboxylic acids is 2. The molecular weight excluding hydrogens is 272 g/mol. The Kier molecular flexibility index (Phi) is 4.35. The van der Waals surface area contributed by atoms with Crippen LogP contribution in [0.4, 0.5) is 0 Å². The van der Waals surface area contributed by atoms with Gasteiger partial charge in [0, 0.05) is 0 Å². The van der Waals surface area contributed by atoms with Gasteiger partial charge in [-0.15, -0.1) is 0 Å². The van der Waals surface area contributed by atoms with E-state index < -0.39 is 17.9 Å². The van der Waals surface area contributed by atoms with E-state index in [1.54, 1.807) is 36.4 Å². The number of benzene rings is 1. The first-order valence-electron chi connectivity index (χ1n) is 6.31. The fraction of sp³-hybridized carbons (Fsp3) is 0.125. The summed E-state index contributed by atoms with van der Waals surface area (Å²) in [6, 6.07) is 6.27. The number of hydrogen-bond acceptors (Lipinski definition) is 3. The van der Waals surface area contributed by atoms with Crippen molar-refractivity contribution in [1.82, 2.24) is 0 Å². The molecule has 0 radical (unpaired) electrons. The summed E-state index contributed by atoms with van der Waals surface area (Å²) in [5.74, 6) is -3.20. The highest BCUT2D eigenvalue weighted by Gasteiger charge is 2.29. The SMILES string of the molecule is O=C(O)c1ccccc1C1=CC=CC(=CCO)C1C(=O)O. The second kappa shape index (κ2) is 6.19. The minimum absolute atomic E-state index is 0.0497. The molecule has 5 nitrogen and oxygen atoms in total. The second-order valence-electron chi connectivity index (χ2n) is 4.49. The number of hydrogen-bond donors (Lipinski definition) is 3. The Labute approximate surface area is 121 Å². The summed E-state index contributed by atoms with van der Waals surface area (Å²) in [6.07, 6.45) is 6.25. The van der Waals surface area contributed by atoms with Crippen molar-refractivity contribution in [3.05, 3.63) is 65.3 Å². The lowest BCUT2D eigenvalue weighted by Crippen LogP contribution is -2.20. The van der Waals surface area contributed by atoms with Crippen molar-refractivity contribution >= 4 is 17.5 Å². The lowest BCUT2D eigenvalue weighted by atomic mass is 9.81. The Hall–Kier alpha value is -2.66. The zero-order valence-electron chi connectivity index (χ0n) is 11.1. The van der Waals surface area contributed by atoms with Gasteiger partial charge in [-0.3, -0.25) is 4.79 Å². The van der Waals surface area contributed by atoms with Gasteiger partial charge in [-0.25, -0.2) is 4.79 Å². The molecule has 0 saturated heterocycles. The van der Waals surface area contributed by atoms with E-state index in [1.165, 1.54) is 12.1 Å². The van der Waals surface area contributed by atoms with Crippen LogP contribution in [0.5, 0.6) is 0 Å². The van der Waals surface area contributed by atoms with Crippen LogP contribution in [0.3, 0.4) is 0 Å². The summed E-state index contributed by atoms with van der Waals surface area (Å²) in [6.45, 7) is -0.280. The van der Waals surface area contributed by atoms with E-state index in [0.29, 0.717) is 16.7 Å². The zero-order chi connectivity index (χ0) is 15.4. The summed E-state index contributed by atoms with van der Waals surface area (Å²) in [5, 5.41) is 27.7. The molecule has 1 aromatic carbocycles. The number of allylic oxidation sites excluding steroid dienone is 3. The monoisotopic (exact) mass is 286 g/mol. The average Bonchev–Trinajstić information content (AvgIpc) is 2.47. The molecule has 1 aliphatic rings. The van der Waals surface area contributed by atoms with Gasteiger partial charge in [0.05, 0.1) is 12.2 Å². The summed E-state index contributed by atoms with van der Waals surface area (Å²) in [5.41, 5.74) is 1.24.